The van der Waals surface area contributed by atoms with E-state index in [1.54, 1.807) is 12.0 Å². The Balaban J connectivity index is 1.68. The third-order valence-corrected chi connectivity index (χ3v) is 7.23. The van der Waals surface area contributed by atoms with E-state index < -0.39 is 5.60 Å². The molecule has 2 heterocycles. The Morgan fingerprint density at radius 3 is 2.43 bits per heavy atom. The van der Waals surface area contributed by atoms with E-state index in [-0.39, 0.29) is 17.6 Å². The summed E-state index contributed by atoms with van der Waals surface area (Å²) in [4.78, 5) is 28.7. The molecule has 1 aromatic rings. The summed E-state index contributed by atoms with van der Waals surface area (Å²) in [6, 6.07) is 6.02. The van der Waals surface area contributed by atoms with Gasteiger partial charge in [-0.3, -0.25) is 4.79 Å². The van der Waals surface area contributed by atoms with Crippen LogP contribution >= 0.6 is 0 Å². The van der Waals surface area contributed by atoms with Gasteiger partial charge in [-0.15, -0.1) is 0 Å². The molecule has 0 N–H and O–H groups in total. The molecule has 1 atom stereocenters. The standard InChI is InChI=1S/C28H44N2O5/c1-7-29(8-2)24(31)15-10-9-12-21-20-28(34-23-14-11-13-22(33-6)25(21)23)16-18-30(19-17-28)26(32)35-27(3,4)5/h11,13-14,21H,7-10,12,15-20H2,1-6H3. The van der Waals surface area contributed by atoms with Gasteiger partial charge in [-0.25, -0.2) is 4.79 Å². The number of nitrogens with zero attached hydrogens (tertiary/aromatic N) is 2. The summed E-state index contributed by atoms with van der Waals surface area (Å²) in [6.07, 6.45) is 5.65. The van der Waals surface area contributed by atoms with Gasteiger partial charge in [0.05, 0.1) is 7.11 Å². The molecule has 0 aliphatic carbocycles. The molecule has 0 saturated carbocycles. The minimum Gasteiger partial charge on any atom is -0.496 e. The van der Waals surface area contributed by atoms with E-state index in [1.165, 1.54) is 0 Å². The molecular formula is C28H44N2O5. The van der Waals surface area contributed by atoms with Crippen LogP contribution < -0.4 is 9.47 Å². The highest BCUT2D eigenvalue weighted by atomic mass is 16.6. The predicted molar refractivity (Wildman–Crippen MR) is 137 cm³/mol. The average Bonchev–Trinajstić information content (AvgIpc) is 2.81. The van der Waals surface area contributed by atoms with Crippen molar-refractivity contribution in [1.82, 2.24) is 9.80 Å². The molecule has 35 heavy (non-hydrogen) atoms. The Morgan fingerprint density at radius 2 is 1.83 bits per heavy atom. The van der Waals surface area contributed by atoms with Crippen LogP contribution in [0, 0.1) is 0 Å². The highest BCUT2D eigenvalue weighted by Gasteiger charge is 2.45. The molecule has 3 rings (SSSR count). The summed E-state index contributed by atoms with van der Waals surface area (Å²) >= 11 is 0. The molecule has 1 spiro atoms. The van der Waals surface area contributed by atoms with Crippen LogP contribution in [0.3, 0.4) is 0 Å². The van der Waals surface area contributed by atoms with Crippen molar-refractivity contribution in [3.63, 3.8) is 0 Å². The molecule has 0 aromatic heterocycles. The minimum atomic E-state index is -0.499. The number of hydrogen-bond acceptors (Lipinski definition) is 5. The predicted octanol–water partition coefficient (Wildman–Crippen LogP) is 5.76. The molecule has 1 saturated heterocycles. The molecule has 196 valence electrons. The number of amides is 2. The second-order valence-corrected chi connectivity index (χ2v) is 10.8. The lowest BCUT2D eigenvalue weighted by Gasteiger charge is -2.47. The first-order valence-corrected chi connectivity index (χ1v) is 13.2. The molecule has 2 aliphatic heterocycles. The van der Waals surface area contributed by atoms with Crippen LogP contribution in [-0.4, -0.2) is 66.3 Å². The molecule has 0 radical (unpaired) electrons. The van der Waals surface area contributed by atoms with Crippen LogP contribution in [0.4, 0.5) is 4.79 Å². The number of carbonyl (C=O) groups excluding carboxylic acids is 2. The largest absolute Gasteiger partial charge is 0.496 e. The number of piperidine rings is 1. The highest BCUT2D eigenvalue weighted by Crippen LogP contribution is 2.50. The SMILES string of the molecule is CCN(CC)C(=O)CCCCC1CC2(CCN(C(=O)OC(C)(C)C)CC2)Oc2cccc(OC)c21. The second kappa shape index (κ2) is 11.5. The first-order chi connectivity index (χ1) is 16.6. The van der Waals surface area contributed by atoms with Crippen molar-refractivity contribution in [3.8, 4) is 11.5 Å². The molecule has 2 aliphatic rings. The van der Waals surface area contributed by atoms with E-state index in [1.807, 2.05) is 57.7 Å². The minimum absolute atomic E-state index is 0.242. The van der Waals surface area contributed by atoms with Gasteiger partial charge in [0.25, 0.3) is 0 Å². The molecule has 1 unspecified atom stereocenters. The number of benzene rings is 1. The number of likely N-dealkylation sites (tertiary alicyclic amines) is 1. The third kappa shape index (κ3) is 6.83. The number of methoxy groups -OCH3 is 1. The number of rotatable bonds is 8. The van der Waals surface area contributed by atoms with Gasteiger partial charge < -0.3 is 24.0 Å². The van der Waals surface area contributed by atoms with Gasteiger partial charge in [0.2, 0.25) is 5.91 Å². The van der Waals surface area contributed by atoms with Gasteiger partial charge >= 0.3 is 6.09 Å². The van der Waals surface area contributed by atoms with Crippen molar-refractivity contribution in [2.24, 2.45) is 0 Å². The van der Waals surface area contributed by atoms with E-state index in [2.05, 4.69) is 0 Å². The number of hydrogen-bond donors (Lipinski definition) is 0. The zero-order valence-corrected chi connectivity index (χ0v) is 22.5. The highest BCUT2D eigenvalue weighted by molar-refractivity contribution is 5.76. The Hall–Kier alpha value is -2.44. The molecule has 7 heteroatoms. The molecular weight excluding hydrogens is 444 g/mol. The summed E-state index contributed by atoms with van der Waals surface area (Å²) in [5.74, 6) is 2.30. The van der Waals surface area contributed by atoms with Crippen molar-refractivity contribution in [1.29, 1.82) is 0 Å². The summed E-state index contributed by atoms with van der Waals surface area (Å²) in [5, 5.41) is 0. The fourth-order valence-electron chi connectivity index (χ4n) is 5.40. The van der Waals surface area contributed by atoms with Crippen molar-refractivity contribution in [2.45, 2.75) is 96.7 Å². The van der Waals surface area contributed by atoms with Crippen molar-refractivity contribution in [2.75, 3.05) is 33.3 Å². The monoisotopic (exact) mass is 488 g/mol. The second-order valence-electron chi connectivity index (χ2n) is 10.8. The van der Waals surface area contributed by atoms with E-state index in [9.17, 15) is 9.59 Å². The summed E-state index contributed by atoms with van der Waals surface area (Å²) < 4.78 is 17.9. The lowest BCUT2D eigenvalue weighted by Crippen LogP contribution is -2.52. The molecule has 0 bridgehead atoms. The van der Waals surface area contributed by atoms with Gasteiger partial charge in [-0.05, 0) is 71.9 Å². The van der Waals surface area contributed by atoms with Crippen LogP contribution in [0.15, 0.2) is 18.2 Å². The molecule has 1 aromatic carbocycles. The quantitative estimate of drug-likeness (QED) is 0.435. The Kier molecular flexibility index (Phi) is 8.94. The first kappa shape index (κ1) is 27.2. The van der Waals surface area contributed by atoms with Gasteiger partial charge in [0.1, 0.15) is 22.7 Å². The fourth-order valence-corrected chi connectivity index (χ4v) is 5.40. The van der Waals surface area contributed by atoms with Crippen LogP contribution in [-0.2, 0) is 9.53 Å². The Labute approximate surface area is 211 Å². The van der Waals surface area contributed by atoms with Crippen molar-refractivity contribution in [3.05, 3.63) is 23.8 Å². The molecule has 1 fully saturated rings. The summed E-state index contributed by atoms with van der Waals surface area (Å²) in [5.41, 5.74) is 0.352. The smallest absolute Gasteiger partial charge is 0.410 e. The van der Waals surface area contributed by atoms with Gasteiger partial charge in [0, 0.05) is 51.0 Å². The zero-order valence-electron chi connectivity index (χ0n) is 22.5. The van der Waals surface area contributed by atoms with Gasteiger partial charge in [-0.2, -0.15) is 0 Å². The van der Waals surface area contributed by atoms with E-state index in [0.29, 0.717) is 25.4 Å². The molecule has 2 amide bonds. The third-order valence-electron chi connectivity index (χ3n) is 7.23. The maximum atomic E-state index is 12.6. The lowest BCUT2D eigenvalue weighted by molar-refractivity contribution is -0.130. The van der Waals surface area contributed by atoms with Crippen LogP contribution in [0.25, 0.3) is 0 Å². The van der Waals surface area contributed by atoms with Crippen LogP contribution in [0.2, 0.25) is 0 Å². The van der Waals surface area contributed by atoms with E-state index >= 15 is 0 Å². The van der Waals surface area contributed by atoms with Crippen molar-refractivity contribution >= 4 is 12.0 Å². The summed E-state index contributed by atoms with van der Waals surface area (Å²) in [7, 11) is 1.71. The number of ether oxygens (including phenoxy) is 3. The number of unbranched alkanes of at least 4 members (excludes halogenated alkanes) is 1. The number of carbonyl (C=O) groups is 2. The van der Waals surface area contributed by atoms with E-state index in [4.69, 9.17) is 14.2 Å². The average molecular weight is 489 g/mol. The normalized spacial score (nSPS) is 19.0. The topological polar surface area (TPSA) is 68.3 Å². The van der Waals surface area contributed by atoms with Crippen LogP contribution in [0.1, 0.15) is 91.0 Å². The number of fused-ring (bicyclic) bond motifs is 1. The Bertz CT molecular complexity index is 867. The van der Waals surface area contributed by atoms with Gasteiger partial charge in [0.15, 0.2) is 0 Å². The van der Waals surface area contributed by atoms with E-state index in [0.717, 1.165) is 68.7 Å². The van der Waals surface area contributed by atoms with Crippen LogP contribution in [0.5, 0.6) is 11.5 Å². The lowest BCUT2D eigenvalue weighted by atomic mass is 9.75. The maximum absolute atomic E-state index is 12.6. The fraction of sp³-hybridized carbons (Fsp3) is 0.714. The van der Waals surface area contributed by atoms with Gasteiger partial charge in [-0.1, -0.05) is 12.5 Å². The first-order valence-electron chi connectivity index (χ1n) is 13.2. The Morgan fingerprint density at radius 1 is 1.14 bits per heavy atom. The summed E-state index contributed by atoms with van der Waals surface area (Å²) in [6.45, 7) is 12.5. The maximum Gasteiger partial charge on any atom is 0.410 e. The molecule has 7 nitrogen and oxygen atoms in total. The zero-order chi connectivity index (χ0) is 25.6. The van der Waals surface area contributed by atoms with Crippen molar-refractivity contribution < 1.29 is 23.8 Å².